The number of ketones is 7. The molecule has 11 heteroatoms. The SMILES string of the molecule is CC(=O)C(C)CC(=O)C(C)(C)CC(=O)C(Cc1ccc(C(=O)c2ccccc2)cc1)SC(=O)C(C)(C)CC(=O)C(CC(=O)C(C)(C)CC(=O)C(C)SC(=O)C(C)(C)C)Cc1ccc2ccccc2c1. The first-order valence-electron chi connectivity index (χ1n) is 23.7. The van der Waals surface area contributed by atoms with Crippen molar-refractivity contribution in [1.29, 1.82) is 0 Å². The van der Waals surface area contributed by atoms with Crippen LogP contribution in [-0.2, 0) is 51.2 Å². The molecule has 4 atom stereocenters. The summed E-state index contributed by atoms with van der Waals surface area (Å²) in [4.78, 5) is 123. The fourth-order valence-corrected chi connectivity index (χ4v) is 9.83. The van der Waals surface area contributed by atoms with Gasteiger partial charge in [-0.15, -0.1) is 0 Å². The van der Waals surface area contributed by atoms with Gasteiger partial charge in [0.05, 0.1) is 10.5 Å². The normalized spacial score (nSPS) is 14.0. The van der Waals surface area contributed by atoms with Crippen molar-refractivity contribution in [3.63, 3.8) is 0 Å². The van der Waals surface area contributed by atoms with Crippen LogP contribution in [0.4, 0.5) is 0 Å². The molecule has 0 saturated carbocycles. The average molecular weight is 975 g/mol. The Balaban J connectivity index is 1.61. The van der Waals surface area contributed by atoms with E-state index in [4.69, 9.17) is 0 Å². The number of thioether (sulfide) groups is 2. The second-order valence-corrected chi connectivity index (χ2v) is 24.2. The molecule has 0 saturated heterocycles. The van der Waals surface area contributed by atoms with Gasteiger partial charge in [0, 0.05) is 76.7 Å². The minimum absolute atomic E-state index is 0.0224. The van der Waals surface area contributed by atoms with Crippen LogP contribution in [0.2, 0.25) is 0 Å². The van der Waals surface area contributed by atoms with E-state index in [2.05, 4.69) is 0 Å². The van der Waals surface area contributed by atoms with Crippen molar-refractivity contribution in [1.82, 2.24) is 0 Å². The van der Waals surface area contributed by atoms with E-state index in [1.165, 1.54) is 6.92 Å². The maximum Gasteiger partial charge on any atom is 0.195 e. The first kappa shape index (κ1) is 56.5. The topological polar surface area (TPSA) is 154 Å². The molecule has 9 nitrogen and oxygen atoms in total. The molecule has 0 fully saturated rings. The van der Waals surface area contributed by atoms with Gasteiger partial charge in [-0.25, -0.2) is 0 Å². The van der Waals surface area contributed by atoms with Crippen molar-refractivity contribution < 1.29 is 43.2 Å². The molecule has 0 radical (unpaired) electrons. The van der Waals surface area contributed by atoms with E-state index >= 15 is 0 Å². The summed E-state index contributed by atoms with van der Waals surface area (Å²) in [5, 5.41) is -0.193. The van der Waals surface area contributed by atoms with Crippen LogP contribution in [0.5, 0.6) is 0 Å². The summed E-state index contributed by atoms with van der Waals surface area (Å²) >= 11 is 1.79. The Labute approximate surface area is 417 Å². The molecule has 368 valence electrons. The lowest BCUT2D eigenvalue weighted by Gasteiger charge is -2.29. The molecule has 4 unspecified atom stereocenters. The average Bonchev–Trinajstić information content (AvgIpc) is 3.27. The van der Waals surface area contributed by atoms with Crippen LogP contribution >= 0.6 is 23.5 Å². The number of carbonyl (C=O) groups is 9. The van der Waals surface area contributed by atoms with E-state index in [9.17, 15) is 43.2 Å². The molecule has 0 spiro atoms. The van der Waals surface area contributed by atoms with Crippen LogP contribution in [0.1, 0.15) is 142 Å². The zero-order valence-electron chi connectivity index (χ0n) is 42.5. The van der Waals surface area contributed by atoms with Gasteiger partial charge in [-0.1, -0.05) is 190 Å². The van der Waals surface area contributed by atoms with Crippen molar-refractivity contribution in [2.75, 3.05) is 0 Å². The second-order valence-electron chi connectivity index (χ2n) is 21.7. The third-order valence-corrected chi connectivity index (χ3v) is 15.8. The van der Waals surface area contributed by atoms with Gasteiger partial charge in [0.1, 0.15) is 34.7 Å². The molecule has 4 aromatic carbocycles. The monoisotopic (exact) mass is 974 g/mol. The van der Waals surface area contributed by atoms with Gasteiger partial charge in [0.2, 0.25) is 0 Å². The number of carbonyl (C=O) groups excluding carboxylic acids is 9. The van der Waals surface area contributed by atoms with Crippen molar-refractivity contribution in [2.45, 2.75) is 139 Å². The predicted octanol–water partition coefficient (Wildman–Crippen LogP) is 11.9. The highest BCUT2D eigenvalue weighted by atomic mass is 32.2. The Bertz CT molecular complexity index is 2560. The summed E-state index contributed by atoms with van der Waals surface area (Å²) in [7, 11) is 0. The molecule has 0 aliphatic carbocycles. The molecule has 0 aliphatic heterocycles. The van der Waals surface area contributed by atoms with Crippen molar-refractivity contribution >= 4 is 85.0 Å². The lowest BCUT2D eigenvalue weighted by atomic mass is 9.75. The molecule has 69 heavy (non-hydrogen) atoms. The number of hydrogen-bond donors (Lipinski definition) is 0. The van der Waals surface area contributed by atoms with E-state index in [1.807, 2.05) is 48.5 Å². The van der Waals surface area contributed by atoms with Crippen LogP contribution in [-0.4, -0.2) is 61.2 Å². The summed E-state index contributed by atoms with van der Waals surface area (Å²) in [6, 6.07) is 29.4. The number of hydrogen-bond acceptors (Lipinski definition) is 11. The molecule has 0 aromatic heterocycles. The summed E-state index contributed by atoms with van der Waals surface area (Å²) < 4.78 is 0. The summed E-state index contributed by atoms with van der Waals surface area (Å²) in [6.07, 6.45) is -0.443. The van der Waals surface area contributed by atoms with E-state index in [1.54, 1.807) is 125 Å². The molecular formula is C58H70O9S2. The molecule has 0 bridgehead atoms. The minimum atomic E-state index is -1.31. The molecule has 0 N–H and O–H groups in total. The number of fused-ring (bicyclic) bond motifs is 1. The quantitative estimate of drug-likeness (QED) is 0.0583. The van der Waals surface area contributed by atoms with E-state index < -0.39 is 49.1 Å². The van der Waals surface area contributed by atoms with Gasteiger partial charge in [-0.05, 0) is 48.6 Å². The molecular weight excluding hydrogens is 905 g/mol. The Morgan fingerprint density at radius 2 is 1.00 bits per heavy atom. The largest absolute Gasteiger partial charge is 0.300 e. The van der Waals surface area contributed by atoms with Gasteiger partial charge in [-0.2, -0.15) is 0 Å². The standard InChI is InChI=1S/C58H70O9S2/c1-36(37(2)59)28-50(63)57(9,10)35-48(62)49(31-39-22-26-43(27-23-39)52(65)42-19-14-13-15-20-42)69-54(67)58(11,12)34-47(61)45(30-40-24-25-41-18-16-17-21-44(41)29-40)32-51(64)56(7,8)33-46(60)38(3)68-53(66)55(4,5)6/h13-27,29,36,38,45,49H,28,30-35H2,1-12H3. The zero-order valence-corrected chi connectivity index (χ0v) is 44.1. The molecule has 4 aromatic rings. The summed E-state index contributed by atoms with van der Waals surface area (Å²) in [5.74, 6) is -3.09. The van der Waals surface area contributed by atoms with Gasteiger partial charge in [0.25, 0.3) is 0 Å². The number of rotatable bonds is 25. The maximum absolute atomic E-state index is 14.7. The van der Waals surface area contributed by atoms with Gasteiger partial charge < -0.3 is 0 Å². The van der Waals surface area contributed by atoms with Crippen LogP contribution in [0, 0.1) is 33.5 Å². The van der Waals surface area contributed by atoms with Crippen LogP contribution in [0.15, 0.2) is 97.1 Å². The maximum atomic E-state index is 14.7. The highest BCUT2D eigenvalue weighted by Gasteiger charge is 2.41. The van der Waals surface area contributed by atoms with Crippen molar-refractivity contribution in [2.24, 2.45) is 33.5 Å². The Hall–Kier alpha value is -5.13. The Morgan fingerprint density at radius 3 is 1.58 bits per heavy atom. The third-order valence-electron chi connectivity index (χ3n) is 12.9. The van der Waals surface area contributed by atoms with Crippen LogP contribution in [0.3, 0.4) is 0 Å². The third kappa shape index (κ3) is 16.2. The van der Waals surface area contributed by atoms with E-state index in [0.717, 1.165) is 39.9 Å². The van der Waals surface area contributed by atoms with Crippen molar-refractivity contribution in [3.05, 3.63) is 119 Å². The Morgan fingerprint density at radius 1 is 0.493 bits per heavy atom. The highest BCUT2D eigenvalue weighted by molar-refractivity contribution is 8.15. The van der Waals surface area contributed by atoms with Crippen LogP contribution < -0.4 is 0 Å². The molecule has 0 aliphatic rings. The second kappa shape index (κ2) is 23.7. The first-order chi connectivity index (χ1) is 32.0. The smallest absolute Gasteiger partial charge is 0.195 e. The van der Waals surface area contributed by atoms with E-state index in [-0.39, 0.29) is 90.5 Å². The molecule has 0 heterocycles. The Kier molecular flexibility index (Phi) is 19.4. The fourth-order valence-electron chi connectivity index (χ4n) is 7.80. The number of benzene rings is 4. The van der Waals surface area contributed by atoms with Gasteiger partial charge in [0.15, 0.2) is 16.0 Å². The minimum Gasteiger partial charge on any atom is -0.300 e. The van der Waals surface area contributed by atoms with Gasteiger partial charge >= 0.3 is 0 Å². The zero-order chi connectivity index (χ0) is 51.6. The molecule has 0 amide bonds. The van der Waals surface area contributed by atoms with E-state index in [0.29, 0.717) is 16.7 Å². The first-order valence-corrected chi connectivity index (χ1v) is 25.5. The van der Waals surface area contributed by atoms with Gasteiger partial charge in [-0.3, -0.25) is 43.2 Å². The number of Topliss-reactive ketones (excluding diaryl/α,β-unsaturated/α-hetero) is 6. The molecule has 4 rings (SSSR count). The highest BCUT2D eigenvalue weighted by Crippen LogP contribution is 2.38. The summed E-state index contributed by atoms with van der Waals surface area (Å²) in [6.45, 7) is 20.1. The van der Waals surface area contributed by atoms with Crippen molar-refractivity contribution in [3.8, 4) is 0 Å². The predicted molar refractivity (Wildman–Crippen MR) is 278 cm³/mol. The lowest BCUT2D eigenvalue weighted by Crippen LogP contribution is -2.37. The van der Waals surface area contributed by atoms with Crippen LogP contribution in [0.25, 0.3) is 10.8 Å². The fraction of sp³-hybridized carbons (Fsp3) is 0.466. The summed E-state index contributed by atoms with van der Waals surface area (Å²) in [5.41, 5.74) is -1.75. The lowest BCUT2D eigenvalue weighted by molar-refractivity contribution is -0.136.